The first-order valence-electron chi connectivity index (χ1n) is 4.84. The molecule has 1 radical (unpaired) electrons. The van der Waals surface area contributed by atoms with Crippen LogP contribution in [0.3, 0.4) is 0 Å². The number of aryl methyl sites for hydroxylation is 1. The van der Waals surface area contributed by atoms with E-state index in [1.807, 2.05) is 12.1 Å². The summed E-state index contributed by atoms with van der Waals surface area (Å²) in [5.74, 6) is 1.03. The molecule has 0 heterocycles. The van der Waals surface area contributed by atoms with Crippen LogP contribution in [0.5, 0.6) is 5.75 Å². The molecule has 1 rings (SSSR count). The number of hydrogen-bond donors (Lipinski definition) is 0. The van der Waals surface area contributed by atoms with Crippen LogP contribution in [0.1, 0.15) is 24.0 Å². The van der Waals surface area contributed by atoms with Gasteiger partial charge in [-0.15, -0.1) is 6.58 Å². The predicted molar refractivity (Wildman–Crippen MR) is 60.7 cm³/mol. The molecule has 0 aliphatic heterocycles. The van der Waals surface area contributed by atoms with E-state index in [1.54, 1.807) is 7.11 Å². The van der Waals surface area contributed by atoms with Crippen LogP contribution in [-0.2, 0) is 6.42 Å². The van der Waals surface area contributed by atoms with Gasteiger partial charge in [0.2, 0.25) is 0 Å². The van der Waals surface area contributed by atoms with Crippen LogP contribution >= 0.6 is 0 Å². The Bertz CT molecular complexity index is 293. The molecule has 0 bridgehead atoms. The molecule has 0 spiro atoms. The van der Waals surface area contributed by atoms with Gasteiger partial charge in [-0.1, -0.05) is 19.1 Å². The molecule has 0 aliphatic carbocycles. The van der Waals surface area contributed by atoms with Crippen LogP contribution in [0, 0.1) is 6.92 Å². The molecule has 1 heteroatoms. The molecule has 0 aliphatic rings. The number of benzene rings is 1. The Morgan fingerprint density at radius 3 is 2.64 bits per heavy atom. The van der Waals surface area contributed by atoms with Crippen molar-refractivity contribution in [1.29, 1.82) is 0 Å². The summed E-state index contributed by atoms with van der Waals surface area (Å²) in [4.78, 5) is 0. The van der Waals surface area contributed by atoms with E-state index in [4.69, 9.17) is 4.74 Å². The molecule has 0 saturated heterocycles. The largest absolute Gasteiger partial charge is 0.497 e. The lowest BCUT2D eigenvalue weighted by Gasteiger charge is -2.10. The lowest BCUT2D eigenvalue weighted by atomic mass is 9.98. The number of rotatable bonds is 4. The summed E-state index contributed by atoms with van der Waals surface area (Å²) in [6.07, 6.45) is 2.85. The molecule has 1 unspecified atom stereocenters. The molecule has 1 atom stereocenters. The molecule has 0 amide bonds. The number of allylic oxidation sites excluding steroid dienone is 1. The van der Waals surface area contributed by atoms with Gasteiger partial charge in [0.25, 0.3) is 0 Å². The van der Waals surface area contributed by atoms with Crippen molar-refractivity contribution in [1.82, 2.24) is 0 Å². The zero-order chi connectivity index (χ0) is 10.6. The van der Waals surface area contributed by atoms with Gasteiger partial charge in [-0.05, 0) is 36.6 Å². The third-order valence-corrected chi connectivity index (χ3v) is 2.35. The molecule has 0 aromatic heterocycles. The van der Waals surface area contributed by atoms with Gasteiger partial charge in [0.1, 0.15) is 5.75 Å². The van der Waals surface area contributed by atoms with Crippen molar-refractivity contribution in [3.8, 4) is 5.75 Å². The summed E-state index contributed by atoms with van der Waals surface area (Å²) < 4.78 is 5.23. The van der Waals surface area contributed by atoms with Crippen molar-refractivity contribution in [2.75, 3.05) is 7.11 Å². The molecule has 75 valence electrons. The van der Waals surface area contributed by atoms with Gasteiger partial charge in [-0.3, -0.25) is 0 Å². The second-order valence-corrected chi connectivity index (χ2v) is 3.31. The topological polar surface area (TPSA) is 9.23 Å². The summed E-state index contributed by atoms with van der Waals surface area (Å²) in [5.41, 5.74) is 2.44. The molecule has 1 aromatic carbocycles. The summed E-state index contributed by atoms with van der Waals surface area (Å²) in [6, 6.07) is 6.22. The minimum Gasteiger partial charge on any atom is -0.497 e. The van der Waals surface area contributed by atoms with Crippen molar-refractivity contribution in [2.45, 2.75) is 19.3 Å². The fraction of sp³-hybridized carbons (Fsp3) is 0.308. The fourth-order valence-corrected chi connectivity index (χ4v) is 1.36. The first-order chi connectivity index (χ1) is 6.71. The van der Waals surface area contributed by atoms with Crippen molar-refractivity contribution in [3.05, 3.63) is 48.9 Å². The normalized spacial score (nSPS) is 12.2. The second-order valence-electron chi connectivity index (χ2n) is 3.31. The molecular weight excluding hydrogens is 172 g/mol. The maximum absolute atomic E-state index is 5.23. The highest BCUT2D eigenvalue weighted by Gasteiger charge is 2.04. The number of ether oxygens (including phenoxy) is 1. The molecule has 1 aromatic rings. The molecule has 0 saturated carbocycles. The smallest absolute Gasteiger partial charge is 0.119 e. The first-order valence-corrected chi connectivity index (χ1v) is 4.84. The summed E-state index contributed by atoms with van der Waals surface area (Å²) >= 11 is 0. The Hall–Kier alpha value is -1.24. The molecule has 14 heavy (non-hydrogen) atoms. The molecule has 0 N–H and O–H groups in total. The van der Waals surface area contributed by atoms with E-state index in [9.17, 15) is 0 Å². The highest BCUT2D eigenvalue weighted by molar-refractivity contribution is 5.38. The van der Waals surface area contributed by atoms with Crippen molar-refractivity contribution in [3.63, 3.8) is 0 Å². The monoisotopic (exact) mass is 189 g/mol. The van der Waals surface area contributed by atoms with E-state index in [0.29, 0.717) is 0 Å². The zero-order valence-electron chi connectivity index (χ0n) is 8.92. The Kier molecular flexibility index (Phi) is 3.75. The Labute approximate surface area is 86.4 Å². The average molecular weight is 189 g/mol. The lowest BCUT2D eigenvalue weighted by Crippen LogP contribution is -1.94. The van der Waals surface area contributed by atoms with Crippen molar-refractivity contribution >= 4 is 0 Å². The highest BCUT2D eigenvalue weighted by Crippen LogP contribution is 2.23. The Balaban J connectivity index is 3.09. The van der Waals surface area contributed by atoms with Crippen molar-refractivity contribution in [2.24, 2.45) is 0 Å². The summed E-state index contributed by atoms with van der Waals surface area (Å²) in [6.45, 7) is 9.88. The van der Waals surface area contributed by atoms with E-state index in [0.717, 1.165) is 17.7 Å². The first kappa shape index (κ1) is 10.8. The highest BCUT2D eigenvalue weighted by atomic mass is 16.5. The van der Waals surface area contributed by atoms with E-state index >= 15 is 0 Å². The van der Waals surface area contributed by atoms with Crippen molar-refractivity contribution < 1.29 is 4.74 Å². The van der Waals surface area contributed by atoms with E-state index in [1.165, 1.54) is 5.56 Å². The van der Waals surface area contributed by atoms with Crippen LogP contribution in [0.2, 0.25) is 0 Å². The third kappa shape index (κ3) is 2.38. The Morgan fingerprint density at radius 1 is 1.43 bits per heavy atom. The lowest BCUT2D eigenvalue weighted by molar-refractivity contribution is 0.413. The predicted octanol–water partition coefficient (Wildman–Crippen LogP) is 3.36. The van der Waals surface area contributed by atoms with E-state index in [2.05, 4.69) is 32.6 Å². The minimum atomic E-state index is 0.135. The minimum absolute atomic E-state index is 0.135. The average Bonchev–Trinajstić information content (AvgIpc) is 2.27. The van der Waals surface area contributed by atoms with Gasteiger partial charge in [-0.2, -0.15) is 0 Å². The molecular formula is C13H17O. The van der Waals surface area contributed by atoms with Gasteiger partial charge in [-0.25, -0.2) is 0 Å². The van der Waals surface area contributed by atoms with Crippen LogP contribution in [0.15, 0.2) is 30.9 Å². The maximum atomic E-state index is 5.23. The van der Waals surface area contributed by atoms with Crippen LogP contribution in [-0.4, -0.2) is 7.11 Å². The van der Waals surface area contributed by atoms with Crippen LogP contribution < -0.4 is 4.74 Å². The third-order valence-electron chi connectivity index (χ3n) is 2.35. The fourth-order valence-electron chi connectivity index (χ4n) is 1.36. The summed E-state index contributed by atoms with van der Waals surface area (Å²) in [5, 5.41) is 0. The zero-order valence-corrected chi connectivity index (χ0v) is 8.92. The van der Waals surface area contributed by atoms with Gasteiger partial charge in [0.15, 0.2) is 0 Å². The van der Waals surface area contributed by atoms with Gasteiger partial charge < -0.3 is 4.74 Å². The SMILES string of the molecule is [CH2]C(C=C)c1cc(CC)cc(OC)c1. The summed E-state index contributed by atoms with van der Waals surface area (Å²) in [7, 11) is 1.69. The van der Waals surface area contributed by atoms with Crippen LogP contribution in [0.25, 0.3) is 0 Å². The van der Waals surface area contributed by atoms with Gasteiger partial charge in [0, 0.05) is 5.92 Å². The standard InChI is InChI=1S/C13H17O/c1-5-10(3)12-7-11(6-2)8-13(9-12)14-4/h5,7-10H,1,3,6H2,2,4H3. The second kappa shape index (κ2) is 4.85. The molecule has 0 fully saturated rings. The van der Waals surface area contributed by atoms with Crippen LogP contribution in [0.4, 0.5) is 0 Å². The van der Waals surface area contributed by atoms with Gasteiger partial charge >= 0.3 is 0 Å². The Morgan fingerprint density at radius 2 is 2.14 bits per heavy atom. The number of methoxy groups -OCH3 is 1. The maximum Gasteiger partial charge on any atom is 0.119 e. The molecule has 1 nitrogen and oxygen atoms in total. The number of hydrogen-bond acceptors (Lipinski definition) is 1. The van der Waals surface area contributed by atoms with Gasteiger partial charge in [0.05, 0.1) is 7.11 Å². The quantitative estimate of drug-likeness (QED) is 0.660. The van der Waals surface area contributed by atoms with E-state index < -0.39 is 0 Å². The van der Waals surface area contributed by atoms with E-state index in [-0.39, 0.29) is 5.92 Å².